The molecule has 2 aliphatic heterocycles. The predicted octanol–water partition coefficient (Wildman–Crippen LogP) is 3.04. The first kappa shape index (κ1) is 21.5. The number of halogens is 3. The maximum absolute atomic E-state index is 12.8. The normalized spacial score (nSPS) is 20.4. The van der Waals surface area contributed by atoms with E-state index in [2.05, 4.69) is 25.7 Å². The largest absolute Gasteiger partial charge is 0.573 e. The second kappa shape index (κ2) is 7.62. The Bertz CT molecular complexity index is 1310. The molecular formula is C21H19F3N6O2S. The summed E-state index contributed by atoms with van der Waals surface area (Å²) < 4.78 is 42.5. The average molecular weight is 476 g/mol. The van der Waals surface area contributed by atoms with E-state index < -0.39 is 6.36 Å². The Hall–Kier alpha value is -3.33. The standard InChI is InChI=1S/C21H19F3N6O2S/c1-11-27-17-18(15(5-25)19(31)28(2)20(17)33-11)30-9-12-7-29(8-13(12)10-30)16-4-3-14(6-26-16)32-21(22,23)24/h3-4,6,12-13H,7-10H2,1-2H3/t12-,13-/m0/s1. The summed E-state index contributed by atoms with van der Waals surface area (Å²) in [5, 5.41) is 10.6. The number of aryl methyl sites for hydroxylation is 2. The maximum atomic E-state index is 12.8. The number of hydrogen-bond acceptors (Lipinski definition) is 8. The zero-order valence-electron chi connectivity index (χ0n) is 17.8. The lowest BCUT2D eigenvalue weighted by Crippen LogP contribution is -2.32. The molecule has 0 radical (unpaired) electrons. The molecule has 5 heterocycles. The molecule has 0 spiro atoms. The SMILES string of the molecule is Cc1nc2c(N3C[C@@H]4CN(c5ccc(OC(F)(F)F)cn5)C[C@H]4C3)c(C#N)c(=O)n(C)c2s1. The molecule has 0 bridgehead atoms. The molecule has 172 valence electrons. The van der Waals surface area contributed by atoms with E-state index in [4.69, 9.17) is 0 Å². The number of nitrogens with zero attached hydrogens (tertiary/aromatic N) is 6. The molecule has 2 atom stereocenters. The molecule has 2 fully saturated rings. The highest BCUT2D eigenvalue weighted by Crippen LogP contribution is 2.39. The average Bonchev–Trinajstić information content (AvgIpc) is 3.42. The Morgan fingerprint density at radius 2 is 1.85 bits per heavy atom. The van der Waals surface area contributed by atoms with E-state index in [0.717, 1.165) is 16.0 Å². The van der Waals surface area contributed by atoms with Crippen molar-refractivity contribution in [1.29, 1.82) is 5.26 Å². The van der Waals surface area contributed by atoms with Gasteiger partial charge in [-0.15, -0.1) is 24.5 Å². The molecule has 2 saturated heterocycles. The third kappa shape index (κ3) is 3.76. The van der Waals surface area contributed by atoms with E-state index in [1.54, 1.807) is 7.05 Å². The van der Waals surface area contributed by atoms with Crippen LogP contribution in [0.2, 0.25) is 0 Å². The Morgan fingerprint density at radius 1 is 1.18 bits per heavy atom. The summed E-state index contributed by atoms with van der Waals surface area (Å²) in [6.45, 7) is 4.55. The van der Waals surface area contributed by atoms with Gasteiger partial charge in [-0.25, -0.2) is 9.97 Å². The van der Waals surface area contributed by atoms with Crippen LogP contribution in [0.5, 0.6) is 5.75 Å². The number of fused-ring (bicyclic) bond motifs is 2. The second-order valence-electron chi connectivity index (χ2n) is 8.32. The fourth-order valence-electron chi connectivity index (χ4n) is 4.80. The van der Waals surface area contributed by atoms with Gasteiger partial charge in [-0.2, -0.15) is 5.26 Å². The lowest BCUT2D eigenvalue weighted by Gasteiger charge is -2.25. The highest BCUT2D eigenvalue weighted by atomic mass is 32.1. The van der Waals surface area contributed by atoms with Gasteiger partial charge in [0.05, 0.1) is 16.9 Å². The Labute approximate surface area is 190 Å². The van der Waals surface area contributed by atoms with Gasteiger partial charge >= 0.3 is 6.36 Å². The molecule has 0 aromatic carbocycles. The molecule has 0 saturated carbocycles. The monoisotopic (exact) mass is 476 g/mol. The van der Waals surface area contributed by atoms with Crippen molar-refractivity contribution in [2.45, 2.75) is 13.3 Å². The first-order valence-electron chi connectivity index (χ1n) is 10.3. The lowest BCUT2D eigenvalue weighted by atomic mass is 10.0. The Kier molecular flexibility index (Phi) is 4.97. The number of ether oxygens (including phenoxy) is 1. The zero-order valence-corrected chi connectivity index (χ0v) is 18.6. The fourth-order valence-corrected chi connectivity index (χ4v) is 5.68. The first-order valence-corrected chi connectivity index (χ1v) is 11.1. The third-order valence-electron chi connectivity index (χ3n) is 6.19. The lowest BCUT2D eigenvalue weighted by molar-refractivity contribution is -0.274. The van der Waals surface area contributed by atoms with Crippen LogP contribution in [0.3, 0.4) is 0 Å². The van der Waals surface area contributed by atoms with E-state index in [1.807, 2.05) is 11.8 Å². The summed E-state index contributed by atoms with van der Waals surface area (Å²) >= 11 is 1.43. The number of alkyl halides is 3. The van der Waals surface area contributed by atoms with Crippen molar-refractivity contribution in [3.8, 4) is 11.8 Å². The highest BCUT2D eigenvalue weighted by Gasteiger charge is 2.42. The van der Waals surface area contributed by atoms with Crippen molar-refractivity contribution in [3.05, 3.63) is 39.3 Å². The molecule has 3 aromatic heterocycles. The van der Waals surface area contributed by atoms with E-state index in [-0.39, 0.29) is 28.7 Å². The molecule has 33 heavy (non-hydrogen) atoms. The van der Waals surface area contributed by atoms with Crippen molar-refractivity contribution >= 4 is 33.2 Å². The number of nitriles is 1. The number of hydrogen-bond donors (Lipinski definition) is 0. The van der Waals surface area contributed by atoms with Gasteiger partial charge in [-0.05, 0) is 19.1 Å². The van der Waals surface area contributed by atoms with Crippen molar-refractivity contribution in [2.24, 2.45) is 18.9 Å². The molecule has 0 unspecified atom stereocenters. The highest BCUT2D eigenvalue weighted by molar-refractivity contribution is 7.18. The number of rotatable bonds is 3. The minimum atomic E-state index is -4.75. The quantitative estimate of drug-likeness (QED) is 0.574. The van der Waals surface area contributed by atoms with Gasteiger partial charge < -0.3 is 19.1 Å². The van der Waals surface area contributed by atoms with Gasteiger partial charge in [-0.3, -0.25) is 4.79 Å². The number of thiazole rings is 1. The Morgan fingerprint density at radius 3 is 2.42 bits per heavy atom. The van der Waals surface area contributed by atoms with Crippen LogP contribution in [0, 0.1) is 30.1 Å². The topological polar surface area (TPSA) is 87.3 Å². The van der Waals surface area contributed by atoms with E-state index >= 15 is 0 Å². The second-order valence-corrected chi connectivity index (χ2v) is 9.50. The fraction of sp³-hybridized carbons (Fsp3) is 0.429. The van der Waals surface area contributed by atoms with Crippen LogP contribution < -0.4 is 20.1 Å². The summed E-state index contributed by atoms with van der Waals surface area (Å²) in [5.41, 5.74) is 1.06. The van der Waals surface area contributed by atoms with Crippen LogP contribution in [0.25, 0.3) is 10.3 Å². The minimum absolute atomic E-state index is 0.106. The van der Waals surface area contributed by atoms with Crippen LogP contribution in [-0.2, 0) is 7.05 Å². The summed E-state index contributed by atoms with van der Waals surface area (Å²) in [7, 11) is 1.65. The van der Waals surface area contributed by atoms with Gasteiger partial charge in [0.25, 0.3) is 5.56 Å². The van der Waals surface area contributed by atoms with E-state index in [9.17, 15) is 23.2 Å². The van der Waals surface area contributed by atoms with Crippen LogP contribution in [0.15, 0.2) is 23.1 Å². The van der Waals surface area contributed by atoms with Gasteiger partial charge in [0, 0.05) is 45.1 Å². The summed E-state index contributed by atoms with van der Waals surface area (Å²) in [6, 6.07) is 4.87. The number of aromatic nitrogens is 3. The minimum Gasteiger partial charge on any atom is -0.404 e. The smallest absolute Gasteiger partial charge is 0.404 e. The molecule has 5 rings (SSSR count). The number of anilines is 2. The molecule has 2 aliphatic rings. The predicted molar refractivity (Wildman–Crippen MR) is 117 cm³/mol. The molecule has 0 amide bonds. The first-order chi connectivity index (χ1) is 15.6. The van der Waals surface area contributed by atoms with Crippen molar-refractivity contribution < 1.29 is 17.9 Å². The van der Waals surface area contributed by atoms with Crippen molar-refractivity contribution in [1.82, 2.24) is 14.5 Å². The van der Waals surface area contributed by atoms with Gasteiger partial charge in [0.2, 0.25) is 0 Å². The van der Waals surface area contributed by atoms with Crippen molar-refractivity contribution in [2.75, 3.05) is 36.0 Å². The molecular weight excluding hydrogens is 457 g/mol. The number of pyridine rings is 2. The zero-order chi connectivity index (χ0) is 23.5. The molecule has 12 heteroatoms. The van der Waals surface area contributed by atoms with Gasteiger partial charge in [0.15, 0.2) is 0 Å². The summed E-state index contributed by atoms with van der Waals surface area (Å²) in [5.74, 6) is 0.773. The van der Waals surface area contributed by atoms with Gasteiger partial charge in [0.1, 0.15) is 33.5 Å². The van der Waals surface area contributed by atoms with Gasteiger partial charge in [-0.1, -0.05) is 0 Å². The molecule has 3 aromatic rings. The maximum Gasteiger partial charge on any atom is 0.573 e. The van der Waals surface area contributed by atoms with Crippen LogP contribution in [0.1, 0.15) is 10.6 Å². The molecule has 0 N–H and O–H groups in total. The van der Waals surface area contributed by atoms with E-state index in [0.29, 0.717) is 43.2 Å². The van der Waals surface area contributed by atoms with Crippen molar-refractivity contribution in [3.63, 3.8) is 0 Å². The third-order valence-corrected chi connectivity index (χ3v) is 7.24. The summed E-state index contributed by atoms with van der Waals surface area (Å²) in [6.07, 6.45) is -3.68. The van der Waals surface area contributed by atoms with E-state index in [1.165, 1.54) is 28.0 Å². The summed E-state index contributed by atoms with van der Waals surface area (Å²) in [4.78, 5) is 26.4. The molecule has 0 aliphatic carbocycles. The Balaban J connectivity index is 1.37. The van der Waals surface area contributed by atoms with Crippen LogP contribution in [0.4, 0.5) is 24.7 Å². The van der Waals surface area contributed by atoms with Crippen LogP contribution in [-0.4, -0.2) is 47.1 Å². The van der Waals surface area contributed by atoms with Crippen LogP contribution >= 0.6 is 11.3 Å². The molecule has 8 nitrogen and oxygen atoms in total.